The summed E-state index contributed by atoms with van der Waals surface area (Å²) in [5.41, 5.74) is 4.99. The Balaban J connectivity index is 1.82. The SMILES string of the molecule is CNc1nc(N(C)C)ncc1C(=O)Nc1cc(NC(=O)c2cc(C)cc(C)c2)ccc1C. The number of nitrogens with one attached hydrogen (secondary N) is 3. The van der Waals surface area contributed by atoms with Gasteiger partial charge in [-0.1, -0.05) is 23.3 Å². The first kappa shape index (κ1) is 22.7. The Morgan fingerprint density at radius 1 is 0.906 bits per heavy atom. The highest BCUT2D eigenvalue weighted by molar-refractivity contribution is 6.08. The highest BCUT2D eigenvalue weighted by Crippen LogP contribution is 2.23. The van der Waals surface area contributed by atoms with Gasteiger partial charge in [-0.25, -0.2) is 4.98 Å². The van der Waals surface area contributed by atoms with Crippen molar-refractivity contribution in [1.82, 2.24) is 9.97 Å². The third-order valence-corrected chi connectivity index (χ3v) is 4.88. The Hall–Kier alpha value is -3.94. The maximum atomic E-state index is 12.9. The van der Waals surface area contributed by atoms with Gasteiger partial charge in [0.05, 0.1) is 0 Å². The van der Waals surface area contributed by atoms with E-state index >= 15 is 0 Å². The van der Waals surface area contributed by atoms with E-state index in [0.29, 0.717) is 34.3 Å². The lowest BCUT2D eigenvalue weighted by Gasteiger charge is -2.15. The van der Waals surface area contributed by atoms with Crippen LogP contribution in [-0.4, -0.2) is 42.9 Å². The minimum absolute atomic E-state index is 0.205. The number of aryl methyl sites for hydroxylation is 3. The molecule has 0 atom stereocenters. The molecule has 3 rings (SSSR count). The van der Waals surface area contributed by atoms with Gasteiger partial charge >= 0.3 is 0 Å². The van der Waals surface area contributed by atoms with Crippen LogP contribution in [0.5, 0.6) is 0 Å². The maximum Gasteiger partial charge on any atom is 0.261 e. The molecule has 8 nitrogen and oxygen atoms in total. The molecule has 0 bridgehead atoms. The molecule has 0 aliphatic rings. The summed E-state index contributed by atoms with van der Waals surface area (Å²) in [5, 5.41) is 8.74. The second-order valence-corrected chi connectivity index (χ2v) is 7.89. The smallest absolute Gasteiger partial charge is 0.261 e. The predicted molar refractivity (Wildman–Crippen MR) is 129 cm³/mol. The topological polar surface area (TPSA) is 99.2 Å². The average Bonchev–Trinajstić information content (AvgIpc) is 2.74. The van der Waals surface area contributed by atoms with Gasteiger partial charge in [0.15, 0.2) is 0 Å². The fourth-order valence-corrected chi connectivity index (χ4v) is 3.28. The van der Waals surface area contributed by atoms with Crippen LogP contribution in [-0.2, 0) is 0 Å². The zero-order chi connectivity index (χ0) is 23.4. The molecule has 0 unspecified atom stereocenters. The van der Waals surface area contributed by atoms with Gasteiger partial charge in [0.25, 0.3) is 11.8 Å². The summed E-state index contributed by atoms with van der Waals surface area (Å²) >= 11 is 0. The molecule has 0 aliphatic carbocycles. The fraction of sp³-hybridized carbons (Fsp3) is 0.250. The molecule has 8 heteroatoms. The Labute approximate surface area is 188 Å². The van der Waals surface area contributed by atoms with Crippen LogP contribution in [0.25, 0.3) is 0 Å². The molecule has 2 aromatic carbocycles. The van der Waals surface area contributed by atoms with Crippen LogP contribution in [0.2, 0.25) is 0 Å². The van der Waals surface area contributed by atoms with Crippen molar-refractivity contribution in [2.24, 2.45) is 0 Å². The summed E-state index contributed by atoms with van der Waals surface area (Å²) in [6.07, 6.45) is 1.49. The van der Waals surface area contributed by atoms with Gasteiger partial charge < -0.3 is 20.9 Å². The van der Waals surface area contributed by atoms with Gasteiger partial charge in [-0.2, -0.15) is 4.98 Å². The summed E-state index contributed by atoms with van der Waals surface area (Å²) in [6, 6.07) is 11.1. The first-order chi connectivity index (χ1) is 15.2. The Kier molecular flexibility index (Phi) is 6.73. The van der Waals surface area contributed by atoms with Crippen molar-refractivity contribution >= 4 is 35.0 Å². The molecular formula is C24H28N6O2. The molecule has 1 aromatic heterocycles. The predicted octanol–water partition coefficient (Wildman–Crippen LogP) is 4.01. The molecule has 32 heavy (non-hydrogen) atoms. The van der Waals surface area contributed by atoms with Gasteiger partial charge in [-0.05, 0) is 50.6 Å². The van der Waals surface area contributed by atoms with Crippen LogP contribution in [0, 0.1) is 20.8 Å². The van der Waals surface area contributed by atoms with Crippen molar-refractivity contribution in [2.75, 3.05) is 42.0 Å². The number of carbonyl (C=O) groups excluding carboxylic acids is 2. The van der Waals surface area contributed by atoms with Crippen molar-refractivity contribution in [3.63, 3.8) is 0 Å². The van der Waals surface area contributed by atoms with Gasteiger partial charge in [-0.3, -0.25) is 9.59 Å². The number of benzene rings is 2. The highest BCUT2D eigenvalue weighted by Gasteiger charge is 2.16. The molecule has 0 fully saturated rings. The van der Waals surface area contributed by atoms with E-state index in [2.05, 4.69) is 25.9 Å². The van der Waals surface area contributed by atoms with Crippen molar-refractivity contribution in [2.45, 2.75) is 20.8 Å². The number of aromatic nitrogens is 2. The van der Waals surface area contributed by atoms with E-state index in [0.717, 1.165) is 16.7 Å². The number of nitrogens with zero attached hydrogens (tertiary/aromatic N) is 3. The summed E-state index contributed by atoms with van der Waals surface area (Å²) in [6.45, 7) is 5.80. The third-order valence-electron chi connectivity index (χ3n) is 4.88. The minimum Gasteiger partial charge on any atom is -0.372 e. The maximum absolute atomic E-state index is 12.9. The fourth-order valence-electron chi connectivity index (χ4n) is 3.28. The molecule has 0 spiro atoms. The van der Waals surface area contributed by atoms with E-state index in [9.17, 15) is 9.59 Å². The Morgan fingerprint density at radius 2 is 1.59 bits per heavy atom. The van der Waals surface area contributed by atoms with Gasteiger partial charge in [0, 0.05) is 44.3 Å². The Bertz CT molecular complexity index is 1150. The zero-order valence-corrected chi connectivity index (χ0v) is 19.2. The van der Waals surface area contributed by atoms with E-state index in [1.54, 1.807) is 24.1 Å². The van der Waals surface area contributed by atoms with Crippen molar-refractivity contribution in [3.05, 3.63) is 70.4 Å². The molecule has 0 aliphatic heterocycles. The number of hydrogen-bond donors (Lipinski definition) is 3. The molecule has 0 saturated heterocycles. The quantitative estimate of drug-likeness (QED) is 0.544. The van der Waals surface area contributed by atoms with Gasteiger partial charge in [-0.15, -0.1) is 0 Å². The number of carbonyl (C=O) groups is 2. The van der Waals surface area contributed by atoms with E-state index in [1.807, 2.05) is 59.1 Å². The largest absolute Gasteiger partial charge is 0.372 e. The molecule has 166 valence electrons. The highest BCUT2D eigenvalue weighted by atomic mass is 16.2. The molecule has 1 heterocycles. The lowest BCUT2D eigenvalue weighted by atomic mass is 10.1. The van der Waals surface area contributed by atoms with Gasteiger partial charge in [0.2, 0.25) is 5.95 Å². The van der Waals surface area contributed by atoms with Crippen LogP contribution in [0.1, 0.15) is 37.4 Å². The van der Waals surface area contributed by atoms with E-state index in [1.165, 1.54) is 6.20 Å². The first-order valence-electron chi connectivity index (χ1n) is 10.2. The second-order valence-electron chi connectivity index (χ2n) is 7.89. The molecule has 0 radical (unpaired) electrons. The first-order valence-corrected chi connectivity index (χ1v) is 10.2. The zero-order valence-electron chi connectivity index (χ0n) is 19.2. The molecule has 3 aromatic rings. The van der Waals surface area contributed by atoms with Crippen LogP contribution in [0.3, 0.4) is 0 Å². The van der Waals surface area contributed by atoms with Crippen LogP contribution >= 0.6 is 0 Å². The number of hydrogen-bond acceptors (Lipinski definition) is 6. The lowest BCUT2D eigenvalue weighted by Crippen LogP contribution is -2.19. The summed E-state index contributed by atoms with van der Waals surface area (Å²) in [7, 11) is 5.36. The number of rotatable bonds is 6. The lowest BCUT2D eigenvalue weighted by molar-refractivity contribution is 0.101. The summed E-state index contributed by atoms with van der Waals surface area (Å²) < 4.78 is 0. The van der Waals surface area contributed by atoms with E-state index in [4.69, 9.17) is 0 Å². The molecular weight excluding hydrogens is 404 g/mol. The molecule has 0 saturated carbocycles. The van der Waals surface area contributed by atoms with E-state index in [-0.39, 0.29) is 11.8 Å². The van der Waals surface area contributed by atoms with Crippen LogP contribution < -0.4 is 20.9 Å². The third kappa shape index (κ3) is 5.21. The molecule has 3 N–H and O–H groups in total. The molecule has 2 amide bonds. The number of amides is 2. The van der Waals surface area contributed by atoms with Gasteiger partial charge in [0.1, 0.15) is 11.4 Å². The normalized spacial score (nSPS) is 10.4. The standard InChI is InChI=1S/C24H28N6O2/c1-14-9-15(2)11-17(10-14)22(31)27-18-8-7-16(3)20(12-18)28-23(32)19-13-26-24(30(5)6)29-21(19)25-4/h7-13H,1-6H3,(H,27,31)(H,28,32)(H,25,26,29). The van der Waals surface area contributed by atoms with Crippen molar-refractivity contribution in [3.8, 4) is 0 Å². The van der Waals surface area contributed by atoms with Crippen molar-refractivity contribution < 1.29 is 9.59 Å². The Morgan fingerprint density at radius 3 is 2.22 bits per heavy atom. The average molecular weight is 433 g/mol. The summed E-state index contributed by atoms with van der Waals surface area (Å²) in [5.74, 6) is 0.375. The minimum atomic E-state index is -0.347. The monoisotopic (exact) mass is 432 g/mol. The van der Waals surface area contributed by atoms with Crippen LogP contribution in [0.4, 0.5) is 23.1 Å². The van der Waals surface area contributed by atoms with E-state index < -0.39 is 0 Å². The van der Waals surface area contributed by atoms with Crippen LogP contribution in [0.15, 0.2) is 42.6 Å². The number of anilines is 4. The van der Waals surface area contributed by atoms with Crippen molar-refractivity contribution in [1.29, 1.82) is 0 Å². The summed E-state index contributed by atoms with van der Waals surface area (Å²) in [4.78, 5) is 36.0. The second kappa shape index (κ2) is 9.47.